The molecule has 0 spiro atoms. The zero-order valence-corrected chi connectivity index (χ0v) is 18.7. The van der Waals surface area contributed by atoms with Gasteiger partial charge >= 0.3 is 0 Å². The molecule has 2 amide bonds. The molecule has 0 aliphatic carbocycles. The predicted octanol–water partition coefficient (Wildman–Crippen LogP) is 2.12. The number of hydrogen-bond acceptors (Lipinski definition) is 7. The molecule has 162 valence electrons. The first kappa shape index (κ1) is 22.7. The minimum atomic E-state index is -0.170. The molecule has 0 bridgehead atoms. The summed E-state index contributed by atoms with van der Waals surface area (Å²) in [5.74, 6) is 0.454. The fraction of sp³-hybridized carbons (Fsp3) is 0.476. The molecule has 3 rings (SSSR count). The van der Waals surface area contributed by atoms with Crippen LogP contribution in [0.5, 0.6) is 5.75 Å². The maximum absolute atomic E-state index is 12.7. The van der Waals surface area contributed by atoms with Crippen molar-refractivity contribution in [2.45, 2.75) is 12.8 Å². The van der Waals surface area contributed by atoms with Gasteiger partial charge in [0.15, 0.2) is 0 Å². The van der Waals surface area contributed by atoms with E-state index >= 15 is 0 Å². The summed E-state index contributed by atoms with van der Waals surface area (Å²) in [7, 11) is 1.59. The summed E-state index contributed by atoms with van der Waals surface area (Å²) in [5, 5.41) is 2.93. The van der Waals surface area contributed by atoms with E-state index in [2.05, 4.69) is 10.2 Å². The van der Waals surface area contributed by atoms with Gasteiger partial charge in [0.25, 0.3) is 5.91 Å². The lowest BCUT2D eigenvalue weighted by molar-refractivity contribution is -0.123. The van der Waals surface area contributed by atoms with Crippen molar-refractivity contribution in [2.24, 2.45) is 0 Å². The number of methoxy groups -OCH3 is 1. The van der Waals surface area contributed by atoms with Gasteiger partial charge in [0.1, 0.15) is 10.1 Å². The number of benzene rings is 1. The molecule has 0 atom stereocenters. The van der Waals surface area contributed by atoms with Crippen LogP contribution in [0, 0.1) is 0 Å². The summed E-state index contributed by atoms with van der Waals surface area (Å²) in [6.07, 6.45) is 2.91. The molecular weight excluding hydrogens is 422 g/mol. The van der Waals surface area contributed by atoms with Crippen molar-refractivity contribution in [3.63, 3.8) is 0 Å². The molecule has 0 radical (unpaired) electrons. The van der Waals surface area contributed by atoms with Gasteiger partial charge in [0.2, 0.25) is 5.91 Å². The quantitative estimate of drug-likeness (QED) is 0.352. The average Bonchev–Trinajstić information content (AvgIpc) is 3.03. The molecule has 7 nitrogen and oxygen atoms in total. The number of thiocarbonyl (C=S) groups is 1. The Balaban J connectivity index is 1.43. The molecule has 2 aliphatic rings. The smallest absolute Gasteiger partial charge is 0.266 e. The van der Waals surface area contributed by atoms with E-state index in [4.69, 9.17) is 21.7 Å². The lowest BCUT2D eigenvalue weighted by atomic mass is 10.2. The summed E-state index contributed by atoms with van der Waals surface area (Å²) in [5.41, 5.74) is 0.818. The normalized spacial score (nSPS) is 18.8. The second-order valence-corrected chi connectivity index (χ2v) is 8.66. The van der Waals surface area contributed by atoms with Crippen molar-refractivity contribution < 1.29 is 19.1 Å². The van der Waals surface area contributed by atoms with Crippen molar-refractivity contribution in [1.29, 1.82) is 0 Å². The SMILES string of the molecule is COc1ccccc1C=C1SC(=S)N(CCC(=O)NCCCN2CCOCC2)C1=O. The number of carbonyl (C=O) groups excluding carboxylic acids is 2. The van der Waals surface area contributed by atoms with Crippen LogP contribution >= 0.6 is 24.0 Å². The van der Waals surface area contributed by atoms with Gasteiger partial charge in [-0.25, -0.2) is 0 Å². The molecule has 9 heteroatoms. The number of rotatable bonds is 9. The summed E-state index contributed by atoms with van der Waals surface area (Å²) in [6, 6.07) is 7.49. The standard InChI is InChI=1S/C21H27N3O4S2/c1-27-17-6-3-2-5-16(17)15-18-20(26)24(21(29)30-18)10-7-19(25)22-8-4-9-23-11-13-28-14-12-23/h2-3,5-6,15H,4,7-14H2,1H3,(H,22,25). The van der Waals surface area contributed by atoms with E-state index in [1.54, 1.807) is 13.2 Å². The molecule has 1 aromatic carbocycles. The Bertz CT molecular complexity index is 809. The predicted molar refractivity (Wildman–Crippen MR) is 122 cm³/mol. The largest absolute Gasteiger partial charge is 0.496 e. The van der Waals surface area contributed by atoms with E-state index in [9.17, 15) is 9.59 Å². The molecule has 0 saturated carbocycles. The van der Waals surface area contributed by atoms with Crippen molar-refractivity contribution >= 4 is 46.2 Å². The lowest BCUT2D eigenvalue weighted by Gasteiger charge is -2.26. The third kappa shape index (κ3) is 6.28. The highest BCUT2D eigenvalue weighted by Crippen LogP contribution is 2.34. The number of thioether (sulfide) groups is 1. The maximum Gasteiger partial charge on any atom is 0.266 e. The second kappa shape index (κ2) is 11.5. The van der Waals surface area contributed by atoms with Crippen molar-refractivity contribution in [3.05, 3.63) is 34.7 Å². The summed E-state index contributed by atoms with van der Waals surface area (Å²) < 4.78 is 11.1. The highest BCUT2D eigenvalue weighted by atomic mass is 32.2. The summed E-state index contributed by atoms with van der Waals surface area (Å²) >= 11 is 6.60. The molecule has 2 heterocycles. The van der Waals surface area contributed by atoms with Crippen LogP contribution in [0.4, 0.5) is 0 Å². The van der Waals surface area contributed by atoms with Crippen LogP contribution in [0.3, 0.4) is 0 Å². The van der Waals surface area contributed by atoms with Gasteiger partial charge in [0.05, 0.1) is 25.2 Å². The molecular formula is C21H27N3O4S2. The van der Waals surface area contributed by atoms with E-state index in [1.165, 1.54) is 16.7 Å². The summed E-state index contributed by atoms with van der Waals surface area (Å²) in [6.45, 7) is 5.32. The van der Waals surface area contributed by atoms with Gasteiger partial charge in [0, 0.05) is 38.2 Å². The molecule has 0 aromatic heterocycles. The van der Waals surface area contributed by atoms with Gasteiger partial charge < -0.3 is 14.8 Å². The van der Waals surface area contributed by atoms with E-state index < -0.39 is 0 Å². The molecule has 0 unspecified atom stereocenters. The van der Waals surface area contributed by atoms with E-state index in [1.807, 2.05) is 24.3 Å². The second-order valence-electron chi connectivity index (χ2n) is 6.98. The number of morpholine rings is 1. The third-order valence-corrected chi connectivity index (χ3v) is 6.32. The van der Waals surface area contributed by atoms with Crippen LogP contribution in [-0.2, 0) is 14.3 Å². The highest BCUT2D eigenvalue weighted by molar-refractivity contribution is 8.26. The Morgan fingerprint density at radius 1 is 1.30 bits per heavy atom. The third-order valence-electron chi connectivity index (χ3n) is 4.94. The van der Waals surface area contributed by atoms with Gasteiger partial charge in [-0.15, -0.1) is 0 Å². The first-order valence-electron chi connectivity index (χ1n) is 10.0. The first-order valence-corrected chi connectivity index (χ1v) is 11.3. The van der Waals surface area contributed by atoms with Crippen LogP contribution < -0.4 is 10.1 Å². The maximum atomic E-state index is 12.7. The zero-order chi connectivity index (χ0) is 21.3. The average molecular weight is 450 g/mol. The fourth-order valence-electron chi connectivity index (χ4n) is 3.28. The Labute approximate surface area is 186 Å². The first-order chi connectivity index (χ1) is 14.6. The molecule has 1 aromatic rings. The Morgan fingerprint density at radius 3 is 2.83 bits per heavy atom. The minimum Gasteiger partial charge on any atom is -0.496 e. The number of amides is 2. The molecule has 30 heavy (non-hydrogen) atoms. The van der Waals surface area contributed by atoms with Gasteiger partial charge in [-0.05, 0) is 25.1 Å². The zero-order valence-electron chi connectivity index (χ0n) is 17.1. The highest BCUT2D eigenvalue weighted by Gasteiger charge is 2.32. The van der Waals surface area contributed by atoms with Crippen molar-refractivity contribution in [1.82, 2.24) is 15.1 Å². The van der Waals surface area contributed by atoms with Gasteiger partial charge in [-0.3, -0.25) is 19.4 Å². The number of nitrogens with zero attached hydrogens (tertiary/aromatic N) is 2. The monoisotopic (exact) mass is 449 g/mol. The van der Waals surface area contributed by atoms with Crippen molar-refractivity contribution in [2.75, 3.05) is 53.0 Å². The minimum absolute atomic E-state index is 0.0697. The number of carbonyl (C=O) groups is 2. The van der Waals surface area contributed by atoms with E-state index in [0.29, 0.717) is 21.5 Å². The fourth-order valence-corrected chi connectivity index (χ4v) is 4.58. The number of hydrogen-bond donors (Lipinski definition) is 1. The van der Waals surface area contributed by atoms with Gasteiger partial charge in [-0.2, -0.15) is 0 Å². The van der Waals surface area contributed by atoms with Crippen LogP contribution in [0.25, 0.3) is 6.08 Å². The number of ether oxygens (including phenoxy) is 2. The molecule has 1 N–H and O–H groups in total. The van der Waals surface area contributed by atoms with Crippen LogP contribution in [0.1, 0.15) is 18.4 Å². The van der Waals surface area contributed by atoms with Crippen LogP contribution in [0.2, 0.25) is 0 Å². The van der Waals surface area contributed by atoms with Crippen molar-refractivity contribution in [3.8, 4) is 5.75 Å². The Morgan fingerprint density at radius 2 is 2.07 bits per heavy atom. The molecule has 2 fully saturated rings. The summed E-state index contributed by atoms with van der Waals surface area (Å²) in [4.78, 5) is 29.3. The van der Waals surface area contributed by atoms with E-state index in [0.717, 1.165) is 44.8 Å². The van der Waals surface area contributed by atoms with E-state index in [-0.39, 0.29) is 24.8 Å². The Hall–Kier alpha value is -1.94. The van der Waals surface area contributed by atoms with Gasteiger partial charge in [-0.1, -0.05) is 42.2 Å². The van der Waals surface area contributed by atoms with Crippen LogP contribution in [0.15, 0.2) is 29.2 Å². The number of para-hydroxylation sites is 1. The molecule has 2 saturated heterocycles. The lowest BCUT2D eigenvalue weighted by Crippen LogP contribution is -2.38. The van der Waals surface area contributed by atoms with Crippen LogP contribution in [-0.4, -0.2) is 79.0 Å². The molecule has 2 aliphatic heterocycles. The number of nitrogens with one attached hydrogen (secondary N) is 1. The topological polar surface area (TPSA) is 71.1 Å². The Kier molecular flexibility index (Phi) is 8.68.